The third-order valence-corrected chi connectivity index (χ3v) is 17.4. The van der Waals surface area contributed by atoms with Crippen molar-refractivity contribution < 1.29 is 93.6 Å². The second kappa shape index (κ2) is 29.1. The van der Waals surface area contributed by atoms with Gasteiger partial charge in [0.25, 0.3) is 11.8 Å². The van der Waals surface area contributed by atoms with E-state index in [9.17, 15) is 47.8 Å². The van der Waals surface area contributed by atoms with E-state index < -0.39 is 142 Å². The van der Waals surface area contributed by atoms with Crippen LogP contribution in [0.1, 0.15) is 51.1 Å². The Hall–Kier alpha value is -7.97. The molecule has 35 nitrogen and oxygen atoms in total. The predicted molar refractivity (Wildman–Crippen MR) is 316 cm³/mol. The van der Waals surface area contributed by atoms with Gasteiger partial charge in [-0.25, -0.2) is 57.6 Å². The van der Waals surface area contributed by atoms with Crippen molar-refractivity contribution in [2.24, 2.45) is 11.7 Å². The molecule has 0 spiro atoms. The van der Waals surface area contributed by atoms with Crippen LogP contribution < -0.4 is 38.1 Å². The smallest absolute Gasteiger partial charge is 0.412 e. The molecule has 12 atom stereocenters. The monoisotopic (exact) mass is 1350 g/mol. The molecular weight excluding hydrogens is 1290 g/mol. The first kappa shape index (κ1) is 67.4. The van der Waals surface area contributed by atoms with Crippen molar-refractivity contribution in [3.8, 4) is 0 Å². The molecule has 0 bridgehead atoms. The number of imidazole rings is 2. The molecule has 0 radical (unpaired) electrons. The Bertz CT molecular complexity index is 3690. The van der Waals surface area contributed by atoms with E-state index in [-0.39, 0.29) is 86.1 Å². The summed E-state index contributed by atoms with van der Waals surface area (Å²) < 4.78 is 93.9. The largest absolute Gasteiger partial charge is 0.447 e. The summed E-state index contributed by atoms with van der Waals surface area (Å²) in [6.45, 7) is -7.99. The summed E-state index contributed by atoms with van der Waals surface area (Å²) in [4.78, 5) is 139. The zero-order valence-electron chi connectivity index (χ0n) is 48.2. The van der Waals surface area contributed by atoms with E-state index >= 15 is 8.78 Å². The fraction of sp³-hybridized carbons (Fsp3) is 0.480. The highest BCUT2D eigenvalue weighted by molar-refractivity contribution is 8.44. The van der Waals surface area contributed by atoms with E-state index in [1.54, 1.807) is 26.0 Å². The first-order chi connectivity index (χ1) is 43.3. The van der Waals surface area contributed by atoms with Gasteiger partial charge in [0.05, 0.1) is 32.4 Å². The lowest BCUT2D eigenvalue weighted by molar-refractivity contribution is -0.137. The standard InChI is InChI=1S/C50H61F2N17O18P2S2/c1-24(2)35(64-30(70)12-14-67-31(71)10-11-32(67)72)45(74)63-27(5-4-13-55-48(54)75)44(73)62-26-8-6-25(7-9-26)17-81-50(77)66(3)15-16-80-49(76)65-41-37-43(59-21-57-41)69(23-61-37)47-34(52)39-29(85-47)19-83-88(78,90)86-38-28(18-82-89(79,91)87-39)84-46(33(38)51)68-22-60-36-40(53)56-20-58-42(36)68/h6-11,20-24,27-29,33-35,38-39,46-47H,4-5,12-19H2,1-3H3,(H,62,73)(H,63,74)(H,64,70)(H,78,90)(H,79,91)(H2,53,56,58)(H3,54,55,75)(H,57,59,65,76)/t27-,28+,29+,33+,34+,35-,38+,39+,46+,47+,88?,89?/m0/s1. The van der Waals surface area contributed by atoms with Crippen molar-refractivity contribution in [1.82, 2.24) is 64.8 Å². The van der Waals surface area contributed by atoms with E-state index in [1.165, 1.54) is 30.1 Å². The van der Waals surface area contributed by atoms with Crippen LogP contribution in [-0.4, -0.2) is 197 Å². The van der Waals surface area contributed by atoms with Crippen molar-refractivity contribution >= 4 is 125 Å². The van der Waals surface area contributed by atoms with Crippen LogP contribution in [-0.2, 0) is 84.0 Å². The number of nitrogens with zero attached hydrogens (tertiary/aromatic N) is 10. The lowest BCUT2D eigenvalue weighted by atomic mass is 10.0. The lowest BCUT2D eigenvalue weighted by Crippen LogP contribution is -2.54. The quantitative estimate of drug-likeness (QED) is 0.0219. The summed E-state index contributed by atoms with van der Waals surface area (Å²) in [5.74, 6) is -3.72. The molecule has 2 unspecified atom stereocenters. The fourth-order valence-corrected chi connectivity index (χ4v) is 12.5. The summed E-state index contributed by atoms with van der Waals surface area (Å²) in [5.41, 5.74) is 11.9. The number of aromatic nitrogens is 8. The van der Waals surface area contributed by atoms with Gasteiger partial charge in [0, 0.05) is 44.4 Å². The second-order valence-electron chi connectivity index (χ2n) is 20.9. The molecule has 0 saturated carbocycles. The molecule has 0 aliphatic carbocycles. The summed E-state index contributed by atoms with van der Waals surface area (Å²) in [7, 11) is 1.38. The molecule has 4 aliphatic heterocycles. The predicted octanol–water partition coefficient (Wildman–Crippen LogP) is 1.94. The molecule has 9 rings (SSSR count). The third-order valence-electron chi connectivity index (χ3n) is 14.2. The number of primary amides is 1. The summed E-state index contributed by atoms with van der Waals surface area (Å²) >= 11 is 9.29. The summed E-state index contributed by atoms with van der Waals surface area (Å²) in [6.07, 6.45) is -9.16. The number of carbonyl (C=O) groups excluding carboxylic acids is 8. The number of benzene rings is 1. The number of hydrogen-bond donors (Lipinski definition) is 9. The first-order valence-electron chi connectivity index (χ1n) is 27.7. The molecule has 9 amide bonds. The number of nitrogens with two attached hydrogens (primary N) is 2. The van der Waals surface area contributed by atoms with Crippen LogP contribution in [0, 0.1) is 5.92 Å². The van der Waals surface area contributed by atoms with Gasteiger partial charge in [-0.2, -0.15) is 0 Å². The van der Waals surface area contributed by atoms with Gasteiger partial charge in [-0.15, -0.1) is 0 Å². The van der Waals surface area contributed by atoms with E-state index in [4.69, 9.17) is 60.3 Å². The van der Waals surface area contributed by atoms with Gasteiger partial charge in [-0.3, -0.25) is 56.9 Å². The minimum atomic E-state index is -4.57. The number of carbonyl (C=O) groups is 8. The van der Waals surface area contributed by atoms with Gasteiger partial charge in [0.1, 0.15) is 67.9 Å². The van der Waals surface area contributed by atoms with Crippen LogP contribution in [0.25, 0.3) is 22.3 Å². The van der Waals surface area contributed by atoms with E-state index in [2.05, 4.69) is 68.7 Å². The van der Waals surface area contributed by atoms with Crippen LogP contribution in [0.4, 0.5) is 40.5 Å². The number of alkyl halides is 2. The first-order valence-corrected chi connectivity index (χ1v) is 32.9. The number of likely N-dealkylation sites (N-methyl/N-ethyl adjacent to an activating group) is 1. The van der Waals surface area contributed by atoms with Crippen molar-refractivity contribution in [2.75, 3.05) is 62.9 Å². The zero-order valence-corrected chi connectivity index (χ0v) is 51.7. The molecule has 10 N–H and O–H groups in total. The molecule has 41 heteroatoms. The van der Waals surface area contributed by atoms with Gasteiger partial charge >= 0.3 is 31.7 Å². The van der Waals surface area contributed by atoms with Gasteiger partial charge in [0.2, 0.25) is 17.7 Å². The highest BCUT2D eigenvalue weighted by Crippen LogP contribution is 2.59. The third kappa shape index (κ3) is 16.6. The van der Waals surface area contributed by atoms with Crippen LogP contribution >= 0.6 is 25.8 Å². The van der Waals surface area contributed by atoms with Crippen LogP contribution in [0.2, 0.25) is 0 Å². The molecule has 91 heavy (non-hydrogen) atoms. The average molecular weight is 1350 g/mol. The number of rotatable bonds is 21. The number of fused-ring (bicyclic) bond motifs is 4. The van der Waals surface area contributed by atoms with Crippen molar-refractivity contribution in [3.63, 3.8) is 0 Å². The molecule has 4 aliphatic rings. The maximum atomic E-state index is 16.7. The van der Waals surface area contributed by atoms with Gasteiger partial charge in [-0.05, 0) is 48.3 Å². The highest BCUT2D eigenvalue weighted by atomic mass is 32.7. The molecular formula is C50H61F2N17O18P2S2. The Morgan fingerprint density at radius 2 is 1.46 bits per heavy atom. The number of amides is 9. The number of halogens is 2. The van der Waals surface area contributed by atoms with Gasteiger partial charge < -0.3 is 66.0 Å². The number of anilines is 3. The normalized spacial score (nSPS) is 25.6. The number of imide groups is 1. The Morgan fingerprint density at radius 1 is 0.846 bits per heavy atom. The number of urea groups is 1. The SMILES string of the molecule is CC(C)[C@H](NC(=O)CCN1C(=O)C=CC1=O)C(=O)N[C@@H](CCCNC(N)=O)C(=O)Nc1ccc(COC(=O)N(C)CCOC(=O)Nc2ncnc3c2ncn3[C@@H]2O[C@@H]3COP(O)(=S)O[C@H]4[C@@H](F)[C@H](n5cnc6c(N)ncnc65)O[C@@H]4COP(=O)(S)O[C@H]3[C@H]2F)cc1. The maximum Gasteiger partial charge on any atom is 0.412 e. The van der Waals surface area contributed by atoms with E-state index in [1.807, 2.05) is 0 Å². The Labute approximate surface area is 524 Å². The second-order valence-corrected chi connectivity index (χ2v) is 26.6. The number of nitrogen functional groups attached to an aromatic ring is 1. The molecule has 8 heterocycles. The van der Waals surface area contributed by atoms with Gasteiger partial charge in [0.15, 0.2) is 53.2 Å². The van der Waals surface area contributed by atoms with Crippen LogP contribution in [0.3, 0.4) is 0 Å². The van der Waals surface area contributed by atoms with Crippen molar-refractivity contribution in [3.05, 3.63) is 67.3 Å². The van der Waals surface area contributed by atoms with Crippen LogP contribution in [0.15, 0.2) is 61.7 Å². The maximum absolute atomic E-state index is 16.7. The lowest BCUT2D eigenvalue weighted by Gasteiger charge is -2.29. The number of ether oxygens (including phenoxy) is 4. The van der Waals surface area contributed by atoms with Crippen molar-refractivity contribution in [1.29, 1.82) is 0 Å². The van der Waals surface area contributed by atoms with Crippen LogP contribution in [0.5, 0.6) is 0 Å². The molecule has 3 saturated heterocycles. The number of nitrogens with one attached hydrogen (secondary N) is 5. The summed E-state index contributed by atoms with van der Waals surface area (Å²) in [5, 5.41) is 12.8. The Balaban J connectivity index is 0.738. The minimum absolute atomic E-state index is 0.00711. The molecule has 490 valence electrons. The summed E-state index contributed by atoms with van der Waals surface area (Å²) in [6, 6.07) is 3.10. The fourth-order valence-electron chi connectivity index (χ4n) is 9.61. The van der Waals surface area contributed by atoms with E-state index in [0.29, 0.717) is 11.3 Å². The number of hydrogen-bond acceptors (Lipinski definition) is 25. The zero-order chi connectivity index (χ0) is 65.5. The Morgan fingerprint density at radius 3 is 2.11 bits per heavy atom. The molecule has 5 aromatic rings. The van der Waals surface area contributed by atoms with Gasteiger partial charge in [-0.1, -0.05) is 38.2 Å². The molecule has 1 aromatic carbocycles. The Kier molecular flexibility index (Phi) is 21.6. The van der Waals surface area contributed by atoms with Crippen molar-refractivity contribution in [2.45, 2.75) is 101 Å². The topological polar surface area (TPSA) is 454 Å². The molecule has 4 aromatic heterocycles. The van der Waals surface area contributed by atoms with E-state index in [0.717, 1.165) is 45.5 Å². The number of thiol groups is 1. The minimum Gasteiger partial charge on any atom is -0.447 e. The average Bonchev–Trinajstić information content (AvgIpc) is 1.63. The highest BCUT2D eigenvalue weighted by Gasteiger charge is 2.54. The molecule has 3 fully saturated rings.